The average Bonchev–Trinajstić information content (AvgIpc) is 3.02. The van der Waals surface area contributed by atoms with Crippen LogP contribution in [0.4, 0.5) is 0 Å². The first kappa shape index (κ1) is 11.7. The fourth-order valence-electron chi connectivity index (χ4n) is 2.10. The number of benzene rings is 1. The van der Waals surface area contributed by atoms with Crippen LogP contribution in [0.5, 0.6) is 5.75 Å². The number of fused-ring (bicyclic) bond motifs is 1. The predicted octanol–water partition coefficient (Wildman–Crippen LogP) is 1.61. The van der Waals surface area contributed by atoms with Gasteiger partial charge in [-0.25, -0.2) is 0 Å². The number of rotatable bonds is 4. The second-order valence-corrected chi connectivity index (χ2v) is 4.34. The van der Waals surface area contributed by atoms with Gasteiger partial charge in [0.15, 0.2) is 5.82 Å². The minimum Gasteiger partial charge on any atom is -0.492 e. The minimum atomic E-state index is -0.880. The number of nitrogens with zero attached hydrogens (tertiary/aromatic N) is 2. The number of aliphatic carboxylic acids is 1. The Morgan fingerprint density at radius 1 is 1.42 bits per heavy atom. The van der Waals surface area contributed by atoms with Crippen molar-refractivity contribution in [1.82, 2.24) is 10.1 Å². The van der Waals surface area contributed by atoms with E-state index in [1.807, 2.05) is 24.3 Å². The van der Waals surface area contributed by atoms with Crippen molar-refractivity contribution < 1.29 is 19.2 Å². The highest BCUT2D eigenvalue weighted by Crippen LogP contribution is 2.36. The Hall–Kier alpha value is -2.37. The topological polar surface area (TPSA) is 85.5 Å². The molecule has 1 atom stereocenters. The van der Waals surface area contributed by atoms with Crippen molar-refractivity contribution in [2.75, 3.05) is 6.61 Å². The molecule has 3 rings (SSSR count). The van der Waals surface area contributed by atoms with Crippen molar-refractivity contribution in [3.05, 3.63) is 41.5 Å². The maximum Gasteiger partial charge on any atom is 0.303 e. The standard InChI is InChI=1S/C13H12N2O4/c16-12(17)6-5-11-14-13(15-19-11)9-7-18-10-4-2-1-3-8(9)10/h1-4,9H,5-7H2,(H,16,17). The molecule has 0 aliphatic carbocycles. The summed E-state index contributed by atoms with van der Waals surface area (Å²) in [7, 11) is 0. The lowest BCUT2D eigenvalue weighted by Crippen LogP contribution is -2.05. The molecule has 1 N–H and O–H groups in total. The number of ether oxygens (including phenoxy) is 1. The quantitative estimate of drug-likeness (QED) is 0.898. The van der Waals surface area contributed by atoms with Crippen LogP contribution in [0.25, 0.3) is 0 Å². The Bertz CT molecular complexity index is 608. The SMILES string of the molecule is O=C(O)CCc1nc(C2COc3ccccc32)no1. The van der Waals surface area contributed by atoms with E-state index in [2.05, 4.69) is 10.1 Å². The molecule has 2 heterocycles. The normalized spacial score (nSPS) is 16.9. The van der Waals surface area contributed by atoms with E-state index in [1.165, 1.54) is 0 Å². The van der Waals surface area contributed by atoms with Gasteiger partial charge in [-0.1, -0.05) is 23.4 Å². The number of hydrogen-bond acceptors (Lipinski definition) is 5. The number of hydrogen-bond donors (Lipinski definition) is 1. The van der Waals surface area contributed by atoms with E-state index in [1.54, 1.807) is 0 Å². The van der Waals surface area contributed by atoms with Crippen LogP contribution < -0.4 is 4.74 Å². The molecule has 0 radical (unpaired) electrons. The summed E-state index contributed by atoms with van der Waals surface area (Å²) in [6.07, 6.45) is 0.233. The number of carboxylic acids is 1. The number of aromatic nitrogens is 2. The van der Waals surface area contributed by atoms with Crippen LogP contribution in [0.2, 0.25) is 0 Å². The molecule has 0 saturated carbocycles. The van der Waals surface area contributed by atoms with E-state index < -0.39 is 5.97 Å². The van der Waals surface area contributed by atoms with Gasteiger partial charge in [0, 0.05) is 12.0 Å². The second kappa shape index (κ2) is 4.72. The fourth-order valence-corrected chi connectivity index (χ4v) is 2.10. The average molecular weight is 260 g/mol. The third kappa shape index (κ3) is 2.29. The molecule has 1 aliphatic heterocycles. The summed E-state index contributed by atoms with van der Waals surface area (Å²) >= 11 is 0. The maximum atomic E-state index is 10.5. The number of carboxylic acid groups (broad SMARTS) is 1. The zero-order chi connectivity index (χ0) is 13.2. The third-order valence-electron chi connectivity index (χ3n) is 3.05. The molecule has 0 amide bonds. The van der Waals surface area contributed by atoms with Gasteiger partial charge in [-0.3, -0.25) is 4.79 Å². The first-order chi connectivity index (χ1) is 9.24. The van der Waals surface area contributed by atoms with Gasteiger partial charge < -0.3 is 14.4 Å². The summed E-state index contributed by atoms with van der Waals surface area (Å²) in [4.78, 5) is 14.7. The molecule has 1 unspecified atom stereocenters. The second-order valence-electron chi connectivity index (χ2n) is 4.34. The summed E-state index contributed by atoms with van der Waals surface area (Å²) in [6.45, 7) is 0.483. The highest BCUT2D eigenvalue weighted by molar-refractivity contribution is 5.66. The van der Waals surface area contributed by atoms with Crippen molar-refractivity contribution in [1.29, 1.82) is 0 Å². The van der Waals surface area contributed by atoms with Crippen LogP contribution in [-0.4, -0.2) is 27.8 Å². The van der Waals surface area contributed by atoms with Gasteiger partial charge in [-0.2, -0.15) is 4.98 Å². The fraction of sp³-hybridized carbons (Fsp3) is 0.308. The molecule has 0 fully saturated rings. The Balaban J connectivity index is 1.79. The monoisotopic (exact) mass is 260 g/mol. The van der Waals surface area contributed by atoms with Crippen LogP contribution in [0.3, 0.4) is 0 Å². The van der Waals surface area contributed by atoms with Crippen LogP contribution in [-0.2, 0) is 11.2 Å². The van der Waals surface area contributed by atoms with Gasteiger partial charge >= 0.3 is 5.97 Å². The summed E-state index contributed by atoms with van der Waals surface area (Å²) in [5, 5.41) is 12.5. The van der Waals surface area contributed by atoms with Crippen LogP contribution in [0.15, 0.2) is 28.8 Å². The van der Waals surface area contributed by atoms with E-state index in [0.717, 1.165) is 11.3 Å². The first-order valence-corrected chi connectivity index (χ1v) is 6.00. The molecule has 0 saturated heterocycles. The highest BCUT2D eigenvalue weighted by Gasteiger charge is 2.29. The Morgan fingerprint density at radius 3 is 3.11 bits per heavy atom. The van der Waals surface area contributed by atoms with Crippen LogP contribution in [0.1, 0.15) is 29.6 Å². The zero-order valence-electron chi connectivity index (χ0n) is 10.1. The van der Waals surface area contributed by atoms with E-state index in [9.17, 15) is 4.79 Å². The lowest BCUT2D eigenvalue weighted by atomic mass is 10.0. The predicted molar refractivity (Wildman–Crippen MR) is 64.0 cm³/mol. The summed E-state index contributed by atoms with van der Waals surface area (Å²) in [5.41, 5.74) is 1.04. The maximum absolute atomic E-state index is 10.5. The Kier molecular flexibility index (Phi) is 2.91. The first-order valence-electron chi connectivity index (χ1n) is 6.00. The molecular weight excluding hydrogens is 248 g/mol. The van der Waals surface area contributed by atoms with Crippen molar-refractivity contribution in [2.24, 2.45) is 0 Å². The minimum absolute atomic E-state index is 0.0145. The summed E-state index contributed by atoms with van der Waals surface area (Å²) in [5.74, 6) is 0.810. The van der Waals surface area contributed by atoms with E-state index >= 15 is 0 Å². The van der Waals surface area contributed by atoms with Gasteiger partial charge in [0.1, 0.15) is 12.4 Å². The van der Waals surface area contributed by atoms with Crippen molar-refractivity contribution >= 4 is 5.97 Å². The van der Waals surface area contributed by atoms with Gasteiger partial charge in [0.05, 0.1) is 12.3 Å². The van der Waals surface area contributed by atoms with Crippen molar-refractivity contribution in [2.45, 2.75) is 18.8 Å². The van der Waals surface area contributed by atoms with Gasteiger partial charge in [0.2, 0.25) is 5.89 Å². The lowest BCUT2D eigenvalue weighted by molar-refractivity contribution is -0.137. The summed E-state index contributed by atoms with van der Waals surface area (Å²) in [6, 6.07) is 7.72. The third-order valence-corrected chi connectivity index (χ3v) is 3.05. The van der Waals surface area contributed by atoms with Gasteiger partial charge in [-0.15, -0.1) is 0 Å². The molecule has 1 aromatic heterocycles. The summed E-state index contributed by atoms with van der Waals surface area (Å²) < 4.78 is 10.6. The molecule has 19 heavy (non-hydrogen) atoms. The molecule has 2 aromatic rings. The molecule has 1 aromatic carbocycles. The van der Waals surface area contributed by atoms with Crippen molar-refractivity contribution in [3.63, 3.8) is 0 Å². The molecule has 6 heteroatoms. The largest absolute Gasteiger partial charge is 0.492 e. The van der Waals surface area contributed by atoms with E-state index in [4.69, 9.17) is 14.4 Å². The molecule has 6 nitrogen and oxygen atoms in total. The van der Waals surface area contributed by atoms with Crippen molar-refractivity contribution in [3.8, 4) is 5.75 Å². The number of carbonyl (C=O) groups is 1. The van der Waals surface area contributed by atoms with Gasteiger partial charge in [0.25, 0.3) is 0 Å². The molecule has 0 bridgehead atoms. The Labute approximate surface area is 109 Å². The molecular formula is C13H12N2O4. The molecule has 0 spiro atoms. The number of aryl methyl sites for hydroxylation is 1. The molecule has 98 valence electrons. The molecule has 1 aliphatic rings. The van der Waals surface area contributed by atoms with Gasteiger partial charge in [-0.05, 0) is 6.07 Å². The van der Waals surface area contributed by atoms with Crippen LogP contribution >= 0.6 is 0 Å². The van der Waals surface area contributed by atoms with Crippen LogP contribution in [0, 0.1) is 0 Å². The van der Waals surface area contributed by atoms with E-state index in [0.29, 0.717) is 18.3 Å². The number of para-hydroxylation sites is 1. The highest BCUT2D eigenvalue weighted by atomic mass is 16.5. The lowest BCUT2D eigenvalue weighted by Gasteiger charge is -2.01. The Morgan fingerprint density at radius 2 is 2.26 bits per heavy atom. The smallest absolute Gasteiger partial charge is 0.303 e. The zero-order valence-corrected chi connectivity index (χ0v) is 10.1. The van der Waals surface area contributed by atoms with E-state index in [-0.39, 0.29) is 18.8 Å².